The maximum Gasteiger partial charge on any atom is 0.306 e. The van der Waals surface area contributed by atoms with Crippen LogP contribution < -0.4 is 0 Å². The summed E-state index contributed by atoms with van der Waals surface area (Å²) in [7, 11) is 0. The largest absolute Gasteiger partial charge is 0.481 e. The van der Waals surface area contributed by atoms with Crippen LogP contribution in [-0.2, 0) is 19.1 Å². The number of hydrogen-bond donors (Lipinski definition) is 2. The third-order valence-electron chi connectivity index (χ3n) is 4.24. The third-order valence-corrected chi connectivity index (χ3v) is 4.24. The summed E-state index contributed by atoms with van der Waals surface area (Å²) in [6.07, 6.45) is 5.09. The van der Waals surface area contributed by atoms with Gasteiger partial charge in [-0.25, -0.2) is 0 Å². The van der Waals surface area contributed by atoms with Crippen molar-refractivity contribution < 1.29 is 29.3 Å². The number of carboxylic acids is 2. The maximum absolute atomic E-state index is 11.5. The molecule has 0 aliphatic carbocycles. The second-order valence-corrected chi connectivity index (χ2v) is 6.08. The summed E-state index contributed by atoms with van der Waals surface area (Å²) in [6, 6.07) is 0. The Hall–Kier alpha value is -1.14. The lowest BCUT2D eigenvalue weighted by atomic mass is 9.81. The SMILES string of the molecule is O=C(O)CCCCCC(CC1CO1)C(CC1CO1)C(=O)O. The molecule has 0 aromatic carbocycles. The van der Waals surface area contributed by atoms with Crippen LogP contribution in [0.15, 0.2) is 0 Å². The van der Waals surface area contributed by atoms with Crippen LogP contribution >= 0.6 is 0 Å². The van der Waals surface area contributed by atoms with Gasteiger partial charge in [0.1, 0.15) is 0 Å². The molecule has 120 valence electrons. The standard InChI is InChI=1S/C15H24O6/c16-14(17)5-3-1-2-4-10(6-11-8-20-11)13(15(18)19)7-12-9-21-12/h10-13H,1-9H2,(H,16,17)(H,18,19). The van der Waals surface area contributed by atoms with E-state index in [0.717, 1.165) is 32.3 Å². The van der Waals surface area contributed by atoms with E-state index in [1.54, 1.807) is 0 Å². The number of carboxylic acid groups (broad SMARTS) is 2. The van der Waals surface area contributed by atoms with Crippen molar-refractivity contribution >= 4 is 11.9 Å². The zero-order valence-corrected chi connectivity index (χ0v) is 12.2. The Bertz CT molecular complexity index is 361. The van der Waals surface area contributed by atoms with Gasteiger partial charge in [-0.15, -0.1) is 0 Å². The van der Waals surface area contributed by atoms with Gasteiger partial charge in [0.25, 0.3) is 0 Å². The number of epoxide rings is 2. The van der Waals surface area contributed by atoms with Gasteiger partial charge in [-0.3, -0.25) is 9.59 Å². The number of hydrogen-bond acceptors (Lipinski definition) is 4. The fourth-order valence-corrected chi connectivity index (χ4v) is 2.87. The number of aliphatic carboxylic acids is 2. The number of ether oxygens (including phenoxy) is 2. The molecule has 0 spiro atoms. The highest BCUT2D eigenvalue weighted by atomic mass is 16.6. The Morgan fingerprint density at radius 1 is 1.00 bits per heavy atom. The summed E-state index contributed by atoms with van der Waals surface area (Å²) in [4.78, 5) is 22.0. The van der Waals surface area contributed by atoms with Crippen LogP contribution in [0.3, 0.4) is 0 Å². The van der Waals surface area contributed by atoms with Crippen molar-refractivity contribution in [1.82, 2.24) is 0 Å². The monoisotopic (exact) mass is 300 g/mol. The Morgan fingerprint density at radius 3 is 2.14 bits per heavy atom. The molecule has 0 bridgehead atoms. The highest BCUT2D eigenvalue weighted by Crippen LogP contribution is 2.34. The zero-order chi connectivity index (χ0) is 15.2. The number of rotatable bonds is 12. The van der Waals surface area contributed by atoms with Gasteiger partial charge in [-0.2, -0.15) is 0 Å². The predicted molar refractivity (Wildman–Crippen MR) is 74.1 cm³/mol. The summed E-state index contributed by atoms with van der Waals surface area (Å²) in [6.45, 7) is 1.41. The first-order chi connectivity index (χ1) is 10.1. The fraction of sp³-hybridized carbons (Fsp3) is 0.867. The highest BCUT2D eigenvalue weighted by Gasteiger charge is 2.38. The quantitative estimate of drug-likeness (QED) is 0.422. The molecule has 6 nitrogen and oxygen atoms in total. The van der Waals surface area contributed by atoms with E-state index in [4.69, 9.17) is 14.6 Å². The van der Waals surface area contributed by atoms with Crippen molar-refractivity contribution in [2.45, 2.75) is 57.2 Å². The molecule has 4 atom stereocenters. The topological polar surface area (TPSA) is 99.7 Å². The Labute approximate surface area is 124 Å². The lowest BCUT2D eigenvalue weighted by Gasteiger charge is -2.23. The molecule has 0 aromatic rings. The molecule has 6 heteroatoms. The Balaban J connectivity index is 1.77. The van der Waals surface area contributed by atoms with E-state index in [1.165, 1.54) is 0 Å². The normalized spacial score (nSPS) is 26.1. The molecule has 0 radical (unpaired) electrons. The molecule has 2 aliphatic heterocycles. The van der Waals surface area contributed by atoms with Crippen molar-refractivity contribution in [2.75, 3.05) is 13.2 Å². The molecule has 2 heterocycles. The highest BCUT2D eigenvalue weighted by molar-refractivity contribution is 5.70. The summed E-state index contributed by atoms with van der Waals surface area (Å²) in [5, 5.41) is 18.1. The van der Waals surface area contributed by atoms with Crippen molar-refractivity contribution in [3.63, 3.8) is 0 Å². The third kappa shape index (κ3) is 6.44. The molecule has 0 aromatic heterocycles. The van der Waals surface area contributed by atoms with Crippen LogP contribution in [-0.4, -0.2) is 47.6 Å². The van der Waals surface area contributed by atoms with Gasteiger partial charge >= 0.3 is 11.9 Å². The van der Waals surface area contributed by atoms with E-state index >= 15 is 0 Å². The average molecular weight is 300 g/mol. The molecular formula is C15H24O6. The average Bonchev–Trinajstić information content (AvgIpc) is 3.28. The van der Waals surface area contributed by atoms with Crippen LogP contribution in [0.5, 0.6) is 0 Å². The minimum absolute atomic E-state index is 0.101. The van der Waals surface area contributed by atoms with Crippen molar-refractivity contribution in [1.29, 1.82) is 0 Å². The van der Waals surface area contributed by atoms with E-state index in [1.807, 2.05) is 0 Å². The molecule has 2 aliphatic rings. The second kappa shape index (κ2) is 7.75. The number of unbranched alkanes of at least 4 members (excludes halogenated alkanes) is 2. The lowest BCUT2D eigenvalue weighted by molar-refractivity contribution is -0.144. The van der Waals surface area contributed by atoms with Gasteiger partial charge in [-0.1, -0.05) is 12.8 Å². The molecule has 4 unspecified atom stereocenters. The molecule has 2 fully saturated rings. The second-order valence-electron chi connectivity index (χ2n) is 6.08. The molecule has 2 N–H and O–H groups in total. The molecule has 0 amide bonds. The maximum atomic E-state index is 11.5. The molecule has 0 saturated carbocycles. The minimum atomic E-state index is -0.771. The lowest BCUT2D eigenvalue weighted by Crippen LogP contribution is -2.26. The van der Waals surface area contributed by atoms with Gasteiger partial charge in [0, 0.05) is 6.42 Å². The smallest absolute Gasteiger partial charge is 0.306 e. The van der Waals surface area contributed by atoms with E-state index in [-0.39, 0.29) is 30.5 Å². The summed E-state index contributed by atoms with van der Waals surface area (Å²) < 4.78 is 10.4. The van der Waals surface area contributed by atoms with Crippen molar-refractivity contribution in [3.05, 3.63) is 0 Å². The van der Waals surface area contributed by atoms with E-state index in [9.17, 15) is 14.7 Å². The van der Waals surface area contributed by atoms with Crippen molar-refractivity contribution in [2.24, 2.45) is 11.8 Å². The van der Waals surface area contributed by atoms with Crippen molar-refractivity contribution in [3.8, 4) is 0 Å². The van der Waals surface area contributed by atoms with Gasteiger partial charge < -0.3 is 19.7 Å². The van der Waals surface area contributed by atoms with Gasteiger partial charge in [-0.05, 0) is 31.6 Å². The Kier molecular flexibility index (Phi) is 5.99. The molecular weight excluding hydrogens is 276 g/mol. The zero-order valence-electron chi connectivity index (χ0n) is 12.2. The first-order valence-electron chi connectivity index (χ1n) is 7.74. The minimum Gasteiger partial charge on any atom is -0.481 e. The van der Waals surface area contributed by atoms with Gasteiger partial charge in [0.15, 0.2) is 0 Å². The van der Waals surface area contributed by atoms with Crippen LogP contribution in [0.1, 0.15) is 44.9 Å². The summed E-state index contributed by atoms with van der Waals surface area (Å²) >= 11 is 0. The summed E-state index contributed by atoms with van der Waals surface area (Å²) in [5.41, 5.74) is 0. The van der Waals surface area contributed by atoms with Crippen LogP contribution in [0.25, 0.3) is 0 Å². The van der Waals surface area contributed by atoms with Crippen LogP contribution in [0.2, 0.25) is 0 Å². The van der Waals surface area contributed by atoms with Crippen LogP contribution in [0, 0.1) is 11.8 Å². The van der Waals surface area contributed by atoms with E-state index in [0.29, 0.717) is 19.4 Å². The van der Waals surface area contributed by atoms with Gasteiger partial charge in [0.05, 0.1) is 31.3 Å². The molecule has 2 rings (SSSR count). The Morgan fingerprint density at radius 2 is 1.62 bits per heavy atom. The molecule has 21 heavy (non-hydrogen) atoms. The summed E-state index contributed by atoms with van der Waals surface area (Å²) in [5.74, 6) is -1.79. The predicted octanol–water partition coefficient (Wildman–Crippen LogP) is 1.92. The van der Waals surface area contributed by atoms with Gasteiger partial charge in [0.2, 0.25) is 0 Å². The number of carbonyl (C=O) groups is 2. The van der Waals surface area contributed by atoms with Crippen LogP contribution in [0.4, 0.5) is 0 Å². The molecule has 2 saturated heterocycles. The fourth-order valence-electron chi connectivity index (χ4n) is 2.87. The first kappa shape index (κ1) is 16.2. The van der Waals surface area contributed by atoms with E-state index in [2.05, 4.69) is 0 Å². The first-order valence-corrected chi connectivity index (χ1v) is 7.74. The van der Waals surface area contributed by atoms with E-state index < -0.39 is 11.9 Å².